The summed E-state index contributed by atoms with van der Waals surface area (Å²) in [5.74, 6) is 3.00. The molecular weight excluding hydrogens is 425 g/mol. The van der Waals surface area contributed by atoms with Gasteiger partial charge < -0.3 is 10.2 Å². The third kappa shape index (κ3) is 6.60. The molecular formula is C16H30IN3O2S. The second kappa shape index (κ2) is 9.25. The molecule has 0 aromatic carbocycles. The number of halogens is 1. The van der Waals surface area contributed by atoms with Gasteiger partial charge in [-0.2, -0.15) is 0 Å². The van der Waals surface area contributed by atoms with Crippen molar-refractivity contribution in [2.75, 3.05) is 37.7 Å². The van der Waals surface area contributed by atoms with Crippen LogP contribution in [0.1, 0.15) is 26.7 Å². The third-order valence-corrected chi connectivity index (χ3v) is 6.24. The standard InChI is InChI=1S/C16H29N3O2S.HI/c1-4-6-17-16(19-10-13(2)8-14(3)11-19)18-9-15-5-7-22(20,21)12-15;/h4,13-15H,1,5-12H2,2-3H3,(H,17,18);1H. The summed E-state index contributed by atoms with van der Waals surface area (Å²) in [6, 6.07) is 0. The molecule has 0 bridgehead atoms. The highest BCUT2D eigenvalue weighted by Crippen LogP contribution is 2.22. The van der Waals surface area contributed by atoms with E-state index in [2.05, 4.69) is 30.6 Å². The van der Waals surface area contributed by atoms with E-state index in [1.807, 2.05) is 6.08 Å². The molecule has 2 aliphatic heterocycles. The van der Waals surface area contributed by atoms with Crippen LogP contribution in [-0.2, 0) is 9.84 Å². The Balaban J connectivity index is 0.00000264. The van der Waals surface area contributed by atoms with Crippen LogP contribution in [0.3, 0.4) is 0 Å². The largest absolute Gasteiger partial charge is 0.353 e. The Labute approximate surface area is 157 Å². The fraction of sp³-hybridized carbons (Fsp3) is 0.812. The molecule has 2 heterocycles. The van der Waals surface area contributed by atoms with Crippen molar-refractivity contribution in [1.82, 2.24) is 10.2 Å². The molecule has 0 spiro atoms. The number of hydrogen-bond donors (Lipinski definition) is 1. The molecule has 0 saturated carbocycles. The number of nitrogens with one attached hydrogen (secondary N) is 1. The highest BCUT2D eigenvalue weighted by molar-refractivity contribution is 14.0. The van der Waals surface area contributed by atoms with Crippen LogP contribution in [0.4, 0.5) is 0 Å². The lowest BCUT2D eigenvalue weighted by Crippen LogP contribution is -2.48. The average molecular weight is 455 g/mol. The van der Waals surface area contributed by atoms with Gasteiger partial charge in [0.25, 0.3) is 0 Å². The Morgan fingerprint density at radius 1 is 1.35 bits per heavy atom. The first-order valence-electron chi connectivity index (χ1n) is 8.24. The molecule has 1 N–H and O–H groups in total. The topological polar surface area (TPSA) is 61.8 Å². The molecule has 134 valence electrons. The molecule has 0 aromatic heterocycles. The summed E-state index contributed by atoms with van der Waals surface area (Å²) < 4.78 is 23.1. The van der Waals surface area contributed by atoms with Crippen molar-refractivity contribution in [3.05, 3.63) is 12.7 Å². The second-order valence-electron chi connectivity index (χ2n) is 6.95. The number of nitrogens with zero attached hydrogens (tertiary/aromatic N) is 2. The summed E-state index contributed by atoms with van der Waals surface area (Å²) in [6.45, 7) is 11.6. The van der Waals surface area contributed by atoms with E-state index in [4.69, 9.17) is 4.99 Å². The Bertz CT molecular complexity index is 511. The van der Waals surface area contributed by atoms with Gasteiger partial charge in [-0.05, 0) is 30.6 Å². The molecule has 0 amide bonds. The number of guanidine groups is 1. The lowest BCUT2D eigenvalue weighted by atomic mass is 9.92. The molecule has 2 fully saturated rings. The summed E-state index contributed by atoms with van der Waals surface area (Å²) in [4.78, 5) is 7.03. The van der Waals surface area contributed by atoms with E-state index in [-0.39, 0.29) is 35.6 Å². The van der Waals surface area contributed by atoms with Crippen molar-refractivity contribution in [2.45, 2.75) is 26.7 Å². The Morgan fingerprint density at radius 2 is 2.00 bits per heavy atom. The lowest BCUT2D eigenvalue weighted by Gasteiger charge is -2.37. The number of hydrogen-bond acceptors (Lipinski definition) is 3. The second-order valence-corrected chi connectivity index (χ2v) is 9.18. The predicted octanol–water partition coefficient (Wildman–Crippen LogP) is 2.15. The van der Waals surface area contributed by atoms with Crippen LogP contribution in [0.2, 0.25) is 0 Å². The van der Waals surface area contributed by atoms with Gasteiger partial charge in [0.05, 0.1) is 11.5 Å². The Morgan fingerprint density at radius 3 is 2.52 bits per heavy atom. The van der Waals surface area contributed by atoms with Gasteiger partial charge in [-0.15, -0.1) is 30.6 Å². The average Bonchev–Trinajstić information content (AvgIpc) is 2.77. The van der Waals surface area contributed by atoms with Gasteiger partial charge in [-0.3, -0.25) is 4.99 Å². The van der Waals surface area contributed by atoms with Gasteiger partial charge in [-0.1, -0.05) is 19.9 Å². The summed E-state index contributed by atoms with van der Waals surface area (Å²) in [6.07, 6.45) is 3.83. The van der Waals surface area contributed by atoms with Gasteiger partial charge in [0.1, 0.15) is 0 Å². The van der Waals surface area contributed by atoms with Gasteiger partial charge in [-0.25, -0.2) is 8.42 Å². The zero-order valence-corrected chi connectivity index (χ0v) is 17.3. The third-order valence-electron chi connectivity index (χ3n) is 4.40. The first-order chi connectivity index (χ1) is 10.4. The summed E-state index contributed by atoms with van der Waals surface area (Å²) in [5.41, 5.74) is 0. The smallest absolute Gasteiger partial charge is 0.194 e. The van der Waals surface area contributed by atoms with E-state index in [0.717, 1.165) is 25.5 Å². The maximum Gasteiger partial charge on any atom is 0.194 e. The maximum atomic E-state index is 11.6. The zero-order chi connectivity index (χ0) is 16.2. The van der Waals surface area contributed by atoms with Crippen molar-refractivity contribution < 1.29 is 8.42 Å². The van der Waals surface area contributed by atoms with E-state index in [1.165, 1.54) is 6.42 Å². The fourth-order valence-corrected chi connectivity index (χ4v) is 5.35. The minimum atomic E-state index is -2.82. The SMILES string of the molecule is C=CCNC(=NCC1CCS(=O)(=O)C1)N1CC(C)CC(C)C1.I. The van der Waals surface area contributed by atoms with Crippen molar-refractivity contribution >= 4 is 39.8 Å². The highest BCUT2D eigenvalue weighted by Gasteiger charge is 2.28. The molecule has 3 unspecified atom stereocenters. The van der Waals surface area contributed by atoms with Gasteiger partial charge in [0.15, 0.2) is 15.8 Å². The number of sulfone groups is 1. The number of piperidine rings is 1. The molecule has 23 heavy (non-hydrogen) atoms. The number of aliphatic imine (C=N–C) groups is 1. The molecule has 3 atom stereocenters. The molecule has 2 rings (SSSR count). The minimum Gasteiger partial charge on any atom is -0.353 e. The van der Waals surface area contributed by atoms with Crippen LogP contribution in [0.15, 0.2) is 17.6 Å². The molecule has 0 aliphatic carbocycles. The normalized spacial score (nSPS) is 30.6. The van der Waals surface area contributed by atoms with Crippen LogP contribution in [0.25, 0.3) is 0 Å². The molecule has 2 saturated heterocycles. The first-order valence-corrected chi connectivity index (χ1v) is 10.1. The van der Waals surface area contributed by atoms with E-state index in [9.17, 15) is 8.42 Å². The minimum absolute atomic E-state index is 0. The van der Waals surface area contributed by atoms with Gasteiger partial charge in [0.2, 0.25) is 0 Å². The van der Waals surface area contributed by atoms with E-state index < -0.39 is 9.84 Å². The summed E-state index contributed by atoms with van der Waals surface area (Å²) in [5, 5.41) is 3.33. The number of rotatable bonds is 4. The summed E-state index contributed by atoms with van der Waals surface area (Å²) in [7, 11) is -2.82. The summed E-state index contributed by atoms with van der Waals surface area (Å²) >= 11 is 0. The van der Waals surface area contributed by atoms with E-state index >= 15 is 0 Å². The molecule has 0 aromatic rings. The highest BCUT2D eigenvalue weighted by atomic mass is 127. The predicted molar refractivity (Wildman–Crippen MR) is 107 cm³/mol. The van der Waals surface area contributed by atoms with Crippen molar-refractivity contribution in [3.63, 3.8) is 0 Å². The van der Waals surface area contributed by atoms with E-state index in [1.54, 1.807) is 0 Å². The molecule has 0 radical (unpaired) electrons. The Hall–Kier alpha value is -0.310. The lowest BCUT2D eigenvalue weighted by molar-refractivity contribution is 0.208. The maximum absolute atomic E-state index is 11.6. The first kappa shape index (κ1) is 20.7. The van der Waals surface area contributed by atoms with Crippen LogP contribution in [0, 0.1) is 17.8 Å². The Kier molecular flexibility index (Phi) is 8.33. The van der Waals surface area contributed by atoms with E-state index in [0.29, 0.717) is 30.7 Å². The molecule has 7 heteroatoms. The fourth-order valence-electron chi connectivity index (χ4n) is 3.50. The van der Waals surface area contributed by atoms with Crippen LogP contribution in [-0.4, -0.2) is 57.0 Å². The zero-order valence-electron chi connectivity index (χ0n) is 14.2. The molecule has 2 aliphatic rings. The van der Waals surface area contributed by atoms with Crippen molar-refractivity contribution in [3.8, 4) is 0 Å². The van der Waals surface area contributed by atoms with Crippen LogP contribution < -0.4 is 5.32 Å². The molecule has 5 nitrogen and oxygen atoms in total. The van der Waals surface area contributed by atoms with Crippen molar-refractivity contribution in [1.29, 1.82) is 0 Å². The van der Waals surface area contributed by atoms with Crippen LogP contribution >= 0.6 is 24.0 Å². The number of likely N-dealkylation sites (tertiary alicyclic amines) is 1. The van der Waals surface area contributed by atoms with Gasteiger partial charge >= 0.3 is 0 Å². The quantitative estimate of drug-likeness (QED) is 0.306. The van der Waals surface area contributed by atoms with Crippen molar-refractivity contribution in [2.24, 2.45) is 22.7 Å². The monoisotopic (exact) mass is 455 g/mol. The van der Waals surface area contributed by atoms with Crippen LogP contribution in [0.5, 0.6) is 0 Å². The van der Waals surface area contributed by atoms with Gasteiger partial charge in [0, 0.05) is 26.2 Å².